The maximum atomic E-state index is 8.36. The second-order valence-electron chi connectivity index (χ2n) is 2.28. The molecule has 3 heteroatoms. The van der Waals surface area contributed by atoms with Crippen molar-refractivity contribution in [3.05, 3.63) is 0 Å². The lowest BCUT2D eigenvalue weighted by Gasteiger charge is -2.31. The number of nitriles is 1. The van der Waals surface area contributed by atoms with E-state index in [9.17, 15) is 0 Å². The molecule has 0 atom stereocenters. The average molecular weight is 133 g/mol. The van der Waals surface area contributed by atoms with Gasteiger partial charge in [0, 0.05) is 13.1 Å². The van der Waals surface area contributed by atoms with E-state index in [1.54, 1.807) is 0 Å². The van der Waals surface area contributed by atoms with E-state index in [0.29, 0.717) is 0 Å². The van der Waals surface area contributed by atoms with E-state index in [1.807, 2.05) is 6.92 Å². The highest BCUT2D eigenvalue weighted by molar-refractivity contribution is 5.85. The van der Waals surface area contributed by atoms with Crippen LogP contribution in [0.3, 0.4) is 0 Å². The Morgan fingerprint density at radius 3 is 2.12 bits per heavy atom. The molecule has 46 valence electrons. The molecule has 1 fully saturated rings. The Kier molecular flexibility index (Phi) is 2.26. The summed E-state index contributed by atoms with van der Waals surface area (Å²) in [6, 6.07) is 2.22. The van der Waals surface area contributed by atoms with E-state index in [-0.39, 0.29) is 17.8 Å². The Hall–Kier alpha value is -0.260. The fourth-order valence-electron chi connectivity index (χ4n) is 0.579. The van der Waals surface area contributed by atoms with Gasteiger partial charge in [-0.1, -0.05) is 0 Å². The van der Waals surface area contributed by atoms with E-state index >= 15 is 0 Å². The Labute approximate surface area is 55.3 Å². The standard InChI is InChI=1S/C5H8N2.ClH/c1-5(2-6)3-7-4-5;/h7H,3-4H2,1H3;1H. The monoisotopic (exact) mass is 132 g/mol. The molecular formula is C5H9ClN2. The van der Waals surface area contributed by atoms with Gasteiger partial charge in [0.2, 0.25) is 0 Å². The largest absolute Gasteiger partial charge is 0.313 e. The molecule has 0 aromatic carbocycles. The zero-order chi connectivity index (χ0) is 5.33. The average Bonchev–Trinajstić information content (AvgIpc) is 1.61. The van der Waals surface area contributed by atoms with Crippen molar-refractivity contribution in [1.29, 1.82) is 5.26 Å². The fraction of sp³-hybridized carbons (Fsp3) is 0.800. The van der Waals surface area contributed by atoms with Crippen LogP contribution in [0.25, 0.3) is 0 Å². The third kappa shape index (κ3) is 1.12. The highest BCUT2D eigenvalue weighted by Gasteiger charge is 2.30. The first-order chi connectivity index (χ1) is 3.27. The van der Waals surface area contributed by atoms with E-state index < -0.39 is 0 Å². The van der Waals surface area contributed by atoms with Crippen molar-refractivity contribution >= 4 is 12.4 Å². The van der Waals surface area contributed by atoms with Crippen molar-refractivity contribution in [3.8, 4) is 6.07 Å². The van der Waals surface area contributed by atoms with Gasteiger partial charge in [-0.05, 0) is 6.92 Å². The van der Waals surface area contributed by atoms with Crippen molar-refractivity contribution in [1.82, 2.24) is 5.32 Å². The first kappa shape index (κ1) is 7.74. The first-order valence-electron chi connectivity index (χ1n) is 2.39. The summed E-state index contributed by atoms with van der Waals surface area (Å²) in [5, 5.41) is 11.4. The Morgan fingerprint density at radius 1 is 1.62 bits per heavy atom. The molecule has 0 aliphatic carbocycles. The van der Waals surface area contributed by atoms with Crippen LogP contribution in [-0.2, 0) is 0 Å². The maximum Gasteiger partial charge on any atom is 0.0793 e. The van der Waals surface area contributed by atoms with Crippen LogP contribution in [0, 0.1) is 16.7 Å². The van der Waals surface area contributed by atoms with Crippen molar-refractivity contribution < 1.29 is 0 Å². The zero-order valence-electron chi connectivity index (χ0n) is 4.77. The van der Waals surface area contributed by atoms with Crippen molar-refractivity contribution in [2.75, 3.05) is 13.1 Å². The normalized spacial score (nSPS) is 22.0. The highest BCUT2D eigenvalue weighted by Crippen LogP contribution is 2.18. The second kappa shape index (κ2) is 2.34. The summed E-state index contributed by atoms with van der Waals surface area (Å²) in [7, 11) is 0. The van der Waals surface area contributed by atoms with Gasteiger partial charge in [-0.15, -0.1) is 12.4 Å². The van der Waals surface area contributed by atoms with Crippen LogP contribution in [0.2, 0.25) is 0 Å². The summed E-state index contributed by atoms with van der Waals surface area (Å²) in [6.07, 6.45) is 0. The van der Waals surface area contributed by atoms with Gasteiger partial charge in [-0.2, -0.15) is 5.26 Å². The molecule has 0 saturated carbocycles. The van der Waals surface area contributed by atoms with Crippen LogP contribution >= 0.6 is 12.4 Å². The summed E-state index contributed by atoms with van der Waals surface area (Å²) < 4.78 is 0. The van der Waals surface area contributed by atoms with Crippen LogP contribution in [0.5, 0.6) is 0 Å². The topological polar surface area (TPSA) is 35.8 Å². The number of halogens is 1. The van der Waals surface area contributed by atoms with Gasteiger partial charge in [0.05, 0.1) is 11.5 Å². The lowest BCUT2D eigenvalue weighted by atomic mass is 9.86. The number of hydrogen-bond donors (Lipinski definition) is 1. The lowest BCUT2D eigenvalue weighted by Crippen LogP contribution is -2.50. The summed E-state index contributed by atoms with van der Waals surface area (Å²) in [4.78, 5) is 0. The zero-order valence-corrected chi connectivity index (χ0v) is 5.59. The molecule has 0 amide bonds. The number of nitrogens with zero attached hydrogens (tertiary/aromatic N) is 1. The molecule has 1 aliphatic heterocycles. The van der Waals surface area contributed by atoms with E-state index in [0.717, 1.165) is 13.1 Å². The maximum absolute atomic E-state index is 8.36. The minimum Gasteiger partial charge on any atom is -0.313 e. The van der Waals surface area contributed by atoms with Crippen LogP contribution in [0.4, 0.5) is 0 Å². The van der Waals surface area contributed by atoms with E-state index in [4.69, 9.17) is 5.26 Å². The molecule has 0 aromatic heterocycles. The third-order valence-corrected chi connectivity index (χ3v) is 1.30. The van der Waals surface area contributed by atoms with Gasteiger partial charge in [-0.25, -0.2) is 0 Å². The molecule has 0 radical (unpaired) electrons. The SMILES string of the molecule is CC1(C#N)CNC1.Cl. The summed E-state index contributed by atoms with van der Waals surface area (Å²) >= 11 is 0. The molecule has 0 unspecified atom stereocenters. The molecular weight excluding hydrogens is 124 g/mol. The summed E-state index contributed by atoms with van der Waals surface area (Å²) in [5.74, 6) is 0. The fourth-order valence-corrected chi connectivity index (χ4v) is 0.579. The second-order valence-corrected chi connectivity index (χ2v) is 2.28. The predicted octanol–water partition coefficient (Wildman–Crippen LogP) is 0.541. The minimum absolute atomic E-state index is 0. The Bertz CT molecular complexity index is 112. The Morgan fingerprint density at radius 2 is 2.12 bits per heavy atom. The van der Waals surface area contributed by atoms with E-state index in [2.05, 4.69) is 11.4 Å². The molecule has 2 nitrogen and oxygen atoms in total. The predicted molar refractivity (Wildman–Crippen MR) is 33.8 cm³/mol. The van der Waals surface area contributed by atoms with Crippen molar-refractivity contribution in [2.45, 2.75) is 6.92 Å². The van der Waals surface area contributed by atoms with Gasteiger partial charge >= 0.3 is 0 Å². The van der Waals surface area contributed by atoms with Crippen LogP contribution < -0.4 is 5.32 Å². The molecule has 1 rings (SSSR count). The van der Waals surface area contributed by atoms with Gasteiger partial charge < -0.3 is 5.32 Å². The van der Waals surface area contributed by atoms with Crippen LogP contribution in [-0.4, -0.2) is 13.1 Å². The van der Waals surface area contributed by atoms with Gasteiger partial charge in [-0.3, -0.25) is 0 Å². The molecule has 0 bridgehead atoms. The quantitative estimate of drug-likeness (QED) is 0.522. The summed E-state index contributed by atoms with van der Waals surface area (Å²) in [6.45, 7) is 3.69. The molecule has 1 N–H and O–H groups in total. The minimum atomic E-state index is -0.0417. The molecule has 0 aromatic rings. The first-order valence-corrected chi connectivity index (χ1v) is 2.39. The molecule has 1 heterocycles. The molecule has 0 spiro atoms. The molecule has 1 aliphatic rings. The number of hydrogen-bond acceptors (Lipinski definition) is 2. The summed E-state index contributed by atoms with van der Waals surface area (Å²) in [5.41, 5.74) is -0.0417. The number of nitrogens with one attached hydrogen (secondary N) is 1. The van der Waals surface area contributed by atoms with Gasteiger partial charge in [0.1, 0.15) is 0 Å². The van der Waals surface area contributed by atoms with Gasteiger partial charge in [0.15, 0.2) is 0 Å². The molecule has 8 heavy (non-hydrogen) atoms. The van der Waals surface area contributed by atoms with Crippen LogP contribution in [0.15, 0.2) is 0 Å². The smallest absolute Gasteiger partial charge is 0.0793 e. The Balaban J connectivity index is 0.000000490. The van der Waals surface area contributed by atoms with Crippen molar-refractivity contribution in [2.24, 2.45) is 5.41 Å². The molecule has 1 saturated heterocycles. The van der Waals surface area contributed by atoms with Crippen LogP contribution in [0.1, 0.15) is 6.92 Å². The van der Waals surface area contributed by atoms with Crippen molar-refractivity contribution in [3.63, 3.8) is 0 Å². The van der Waals surface area contributed by atoms with E-state index in [1.165, 1.54) is 0 Å². The third-order valence-electron chi connectivity index (χ3n) is 1.30. The van der Waals surface area contributed by atoms with Gasteiger partial charge in [0.25, 0.3) is 0 Å². The highest BCUT2D eigenvalue weighted by atomic mass is 35.5. The number of rotatable bonds is 0. The lowest BCUT2D eigenvalue weighted by molar-refractivity contribution is 0.280.